The summed E-state index contributed by atoms with van der Waals surface area (Å²) in [6.45, 7) is 0. The summed E-state index contributed by atoms with van der Waals surface area (Å²) in [6.07, 6.45) is 7.39. The van der Waals surface area contributed by atoms with Crippen molar-refractivity contribution >= 4 is 10.8 Å². The topological polar surface area (TPSA) is 37.8 Å². The fraction of sp³-hybridized carbons (Fsp3) is 0.125. The Balaban J connectivity index is 2.17. The first-order valence-corrected chi connectivity index (χ1v) is 6.30. The Morgan fingerprint density at radius 2 is 1.74 bits per heavy atom. The molecule has 0 saturated heterocycles. The minimum Gasteiger partial charge on any atom is -0.309 e. The second-order valence-electron chi connectivity index (χ2n) is 4.45. The van der Waals surface area contributed by atoms with Gasteiger partial charge in [-0.25, -0.2) is 0 Å². The van der Waals surface area contributed by atoms with Crippen LogP contribution in [0.3, 0.4) is 0 Å². The Morgan fingerprint density at radius 3 is 2.53 bits per heavy atom. The van der Waals surface area contributed by atoms with Crippen LogP contribution in [0.15, 0.2) is 61.2 Å². The first-order chi connectivity index (χ1) is 9.40. The zero-order valence-electron chi connectivity index (χ0n) is 10.7. The van der Waals surface area contributed by atoms with E-state index < -0.39 is 0 Å². The fourth-order valence-corrected chi connectivity index (χ4v) is 2.46. The van der Waals surface area contributed by atoms with Crippen LogP contribution in [0.25, 0.3) is 10.8 Å². The Kier molecular flexibility index (Phi) is 3.21. The SMILES string of the molecule is CNC(c1ccncc1)c1cccc2cnccc12. The van der Waals surface area contributed by atoms with E-state index in [1.807, 2.05) is 44.0 Å². The van der Waals surface area contributed by atoms with E-state index in [4.69, 9.17) is 0 Å². The summed E-state index contributed by atoms with van der Waals surface area (Å²) in [5.74, 6) is 0. The van der Waals surface area contributed by atoms with Crippen molar-refractivity contribution in [2.24, 2.45) is 0 Å². The third-order valence-corrected chi connectivity index (χ3v) is 3.35. The molecule has 0 aliphatic heterocycles. The van der Waals surface area contributed by atoms with Gasteiger partial charge in [-0.05, 0) is 41.8 Å². The summed E-state index contributed by atoms with van der Waals surface area (Å²) in [5.41, 5.74) is 2.47. The monoisotopic (exact) mass is 249 g/mol. The molecule has 0 bridgehead atoms. The molecule has 3 heteroatoms. The average Bonchev–Trinajstić information content (AvgIpc) is 2.49. The van der Waals surface area contributed by atoms with Crippen LogP contribution in [0, 0.1) is 0 Å². The lowest BCUT2D eigenvalue weighted by atomic mass is 9.95. The van der Waals surface area contributed by atoms with Crippen molar-refractivity contribution in [1.82, 2.24) is 15.3 Å². The van der Waals surface area contributed by atoms with Crippen molar-refractivity contribution in [3.05, 3.63) is 72.3 Å². The van der Waals surface area contributed by atoms with Crippen LogP contribution in [-0.2, 0) is 0 Å². The van der Waals surface area contributed by atoms with Crippen LogP contribution in [0.2, 0.25) is 0 Å². The number of nitrogens with one attached hydrogen (secondary N) is 1. The van der Waals surface area contributed by atoms with Crippen LogP contribution >= 0.6 is 0 Å². The summed E-state index contributed by atoms with van der Waals surface area (Å²) < 4.78 is 0. The van der Waals surface area contributed by atoms with E-state index in [-0.39, 0.29) is 6.04 Å². The van der Waals surface area contributed by atoms with Crippen LogP contribution in [-0.4, -0.2) is 17.0 Å². The molecular formula is C16H15N3. The predicted molar refractivity (Wildman–Crippen MR) is 76.9 cm³/mol. The molecule has 0 fully saturated rings. The van der Waals surface area contributed by atoms with Crippen molar-refractivity contribution in [3.8, 4) is 0 Å². The van der Waals surface area contributed by atoms with Gasteiger partial charge >= 0.3 is 0 Å². The molecule has 1 aromatic carbocycles. The van der Waals surface area contributed by atoms with Crippen molar-refractivity contribution in [1.29, 1.82) is 0 Å². The summed E-state index contributed by atoms with van der Waals surface area (Å²) in [4.78, 5) is 8.26. The van der Waals surface area contributed by atoms with Gasteiger partial charge in [0.1, 0.15) is 0 Å². The van der Waals surface area contributed by atoms with Gasteiger partial charge in [0.15, 0.2) is 0 Å². The molecular weight excluding hydrogens is 234 g/mol. The highest BCUT2D eigenvalue weighted by Gasteiger charge is 2.14. The first-order valence-electron chi connectivity index (χ1n) is 6.30. The van der Waals surface area contributed by atoms with E-state index >= 15 is 0 Å². The van der Waals surface area contributed by atoms with Crippen LogP contribution in [0.1, 0.15) is 17.2 Å². The van der Waals surface area contributed by atoms with Crippen molar-refractivity contribution < 1.29 is 0 Å². The molecule has 3 nitrogen and oxygen atoms in total. The maximum atomic E-state index is 4.18. The summed E-state index contributed by atoms with van der Waals surface area (Å²) >= 11 is 0. The van der Waals surface area contributed by atoms with Gasteiger partial charge < -0.3 is 5.32 Å². The van der Waals surface area contributed by atoms with Crippen LogP contribution in [0.4, 0.5) is 0 Å². The molecule has 0 saturated carbocycles. The summed E-state index contributed by atoms with van der Waals surface area (Å²) in [7, 11) is 1.98. The van der Waals surface area contributed by atoms with Crippen molar-refractivity contribution in [3.63, 3.8) is 0 Å². The Morgan fingerprint density at radius 1 is 0.947 bits per heavy atom. The zero-order chi connectivity index (χ0) is 13.1. The quantitative estimate of drug-likeness (QED) is 0.775. The van der Waals surface area contributed by atoms with E-state index in [0.29, 0.717) is 0 Å². The third-order valence-electron chi connectivity index (χ3n) is 3.35. The van der Waals surface area contributed by atoms with Crippen molar-refractivity contribution in [2.75, 3.05) is 7.05 Å². The minimum atomic E-state index is 0.161. The molecule has 19 heavy (non-hydrogen) atoms. The maximum absolute atomic E-state index is 4.18. The Hall–Kier alpha value is -2.26. The molecule has 0 radical (unpaired) electrons. The van der Waals surface area contributed by atoms with Gasteiger partial charge in [0, 0.05) is 30.2 Å². The van der Waals surface area contributed by atoms with Crippen LogP contribution < -0.4 is 5.32 Å². The van der Waals surface area contributed by atoms with Crippen molar-refractivity contribution in [2.45, 2.75) is 6.04 Å². The molecule has 0 spiro atoms. The molecule has 94 valence electrons. The third kappa shape index (κ3) is 2.20. The van der Waals surface area contributed by atoms with E-state index in [1.54, 1.807) is 0 Å². The number of nitrogens with zero attached hydrogens (tertiary/aromatic N) is 2. The predicted octanol–water partition coefficient (Wildman–Crippen LogP) is 2.94. The second-order valence-corrected chi connectivity index (χ2v) is 4.45. The zero-order valence-corrected chi connectivity index (χ0v) is 10.7. The van der Waals surface area contributed by atoms with Gasteiger partial charge in [0.05, 0.1) is 6.04 Å². The molecule has 0 aliphatic carbocycles. The van der Waals surface area contributed by atoms with Gasteiger partial charge in [-0.1, -0.05) is 18.2 Å². The highest BCUT2D eigenvalue weighted by Crippen LogP contribution is 2.27. The lowest BCUT2D eigenvalue weighted by molar-refractivity contribution is 0.695. The van der Waals surface area contributed by atoms with Crippen LogP contribution in [0.5, 0.6) is 0 Å². The fourth-order valence-electron chi connectivity index (χ4n) is 2.46. The molecule has 1 atom stereocenters. The van der Waals surface area contributed by atoms with E-state index in [1.165, 1.54) is 16.5 Å². The molecule has 0 aliphatic rings. The van der Waals surface area contributed by atoms with E-state index in [2.05, 4.69) is 39.6 Å². The van der Waals surface area contributed by atoms with Gasteiger partial charge in [-0.3, -0.25) is 9.97 Å². The first kappa shape index (κ1) is 11.8. The number of rotatable bonds is 3. The number of hydrogen-bond acceptors (Lipinski definition) is 3. The highest BCUT2D eigenvalue weighted by atomic mass is 14.9. The number of aromatic nitrogens is 2. The lowest BCUT2D eigenvalue weighted by Gasteiger charge is -2.19. The normalized spacial score (nSPS) is 12.5. The van der Waals surface area contributed by atoms with Gasteiger partial charge in [0.2, 0.25) is 0 Å². The average molecular weight is 249 g/mol. The summed E-state index contributed by atoms with van der Waals surface area (Å²) in [5, 5.41) is 5.77. The minimum absolute atomic E-state index is 0.161. The maximum Gasteiger partial charge on any atom is 0.0581 e. The Labute approximate surface area is 112 Å². The number of fused-ring (bicyclic) bond motifs is 1. The smallest absolute Gasteiger partial charge is 0.0581 e. The highest BCUT2D eigenvalue weighted by molar-refractivity contribution is 5.85. The van der Waals surface area contributed by atoms with Gasteiger partial charge in [-0.2, -0.15) is 0 Å². The molecule has 3 rings (SSSR count). The van der Waals surface area contributed by atoms with E-state index in [0.717, 1.165) is 5.39 Å². The van der Waals surface area contributed by atoms with Gasteiger partial charge in [-0.15, -0.1) is 0 Å². The number of benzene rings is 1. The molecule has 0 amide bonds. The molecule has 2 aromatic heterocycles. The number of pyridine rings is 2. The molecule has 1 N–H and O–H groups in total. The van der Waals surface area contributed by atoms with Gasteiger partial charge in [0.25, 0.3) is 0 Å². The lowest BCUT2D eigenvalue weighted by Crippen LogP contribution is -2.17. The standard InChI is InChI=1S/C16H15N3/c1-17-16(12-5-8-18-9-6-12)15-4-2-3-13-11-19-10-7-14(13)15/h2-11,16-17H,1H3. The molecule has 3 aromatic rings. The summed E-state index contributed by atoms with van der Waals surface area (Å²) in [6, 6.07) is 12.6. The number of hydrogen-bond donors (Lipinski definition) is 1. The van der Waals surface area contributed by atoms with E-state index in [9.17, 15) is 0 Å². The largest absolute Gasteiger partial charge is 0.309 e. The molecule has 2 heterocycles. The molecule has 1 unspecified atom stereocenters. The second kappa shape index (κ2) is 5.16. The Bertz CT molecular complexity index is 674.